The van der Waals surface area contributed by atoms with Gasteiger partial charge in [-0.3, -0.25) is 9.80 Å². The van der Waals surface area contributed by atoms with Crippen LogP contribution in [0.2, 0.25) is 0 Å². The molecule has 1 atom stereocenters. The average Bonchev–Trinajstić information content (AvgIpc) is 2.59. The predicted molar refractivity (Wildman–Crippen MR) is 57.2 cm³/mol. The van der Waals surface area contributed by atoms with Crippen LogP contribution >= 0.6 is 0 Å². The Bertz CT molecular complexity index is 213. The molecule has 0 aromatic carbocycles. The van der Waals surface area contributed by atoms with Crippen LogP contribution in [0.25, 0.3) is 0 Å². The Balaban J connectivity index is 1.57. The van der Waals surface area contributed by atoms with E-state index in [1.807, 2.05) is 0 Å². The van der Waals surface area contributed by atoms with Gasteiger partial charge in [-0.2, -0.15) is 0 Å². The second kappa shape index (κ2) is 3.47. The van der Waals surface area contributed by atoms with Crippen molar-refractivity contribution in [2.45, 2.75) is 43.8 Å². The summed E-state index contributed by atoms with van der Waals surface area (Å²) in [7, 11) is 0. The number of rotatable bonds is 1. The highest BCUT2D eigenvalue weighted by molar-refractivity contribution is 4.95. The summed E-state index contributed by atoms with van der Waals surface area (Å²) in [5.41, 5.74) is 5.85. The maximum absolute atomic E-state index is 5.85. The second-order valence-electron chi connectivity index (χ2n) is 5.21. The van der Waals surface area contributed by atoms with Gasteiger partial charge in [0.1, 0.15) is 0 Å². The van der Waals surface area contributed by atoms with Crippen molar-refractivity contribution in [1.82, 2.24) is 9.80 Å². The molecule has 0 amide bonds. The zero-order chi connectivity index (χ0) is 9.54. The van der Waals surface area contributed by atoms with E-state index in [9.17, 15) is 0 Å². The first-order chi connectivity index (χ1) is 6.83. The van der Waals surface area contributed by atoms with E-state index in [1.54, 1.807) is 0 Å². The molecule has 80 valence electrons. The molecule has 1 saturated carbocycles. The van der Waals surface area contributed by atoms with E-state index >= 15 is 0 Å². The summed E-state index contributed by atoms with van der Waals surface area (Å²) in [5, 5.41) is 0. The Hall–Kier alpha value is -0.120. The molecule has 3 fully saturated rings. The molecule has 0 aromatic heterocycles. The van der Waals surface area contributed by atoms with Gasteiger partial charge in [-0.05, 0) is 32.2 Å². The quantitative estimate of drug-likeness (QED) is 0.651. The Morgan fingerprint density at radius 3 is 2.50 bits per heavy atom. The number of hydrogen-bond donors (Lipinski definition) is 1. The summed E-state index contributed by atoms with van der Waals surface area (Å²) in [6.45, 7) is 5.25. The molecule has 3 aliphatic rings. The number of hydrogen-bond acceptors (Lipinski definition) is 3. The monoisotopic (exact) mass is 195 g/mol. The minimum Gasteiger partial charge on any atom is -0.328 e. The van der Waals surface area contributed by atoms with Gasteiger partial charge < -0.3 is 5.73 Å². The van der Waals surface area contributed by atoms with Gasteiger partial charge in [0.05, 0.1) is 0 Å². The highest BCUT2D eigenvalue weighted by Gasteiger charge is 2.37. The molecule has 3 nitrogen and oxygen atoms in total. The molecule has 0 bridgehead atoms. The van der Waals surface area contributed by atoms with Gasteiger partial charge in [0.25, 0.3) is 0 Å². The number of piperazine rings is 1. The molecule has 0 spiro atoms. The SMILES string of the molecule is NC1CC(N2CCN3CCCC3C2)C1. The molecule has 3 rings (SSSR count). The van der Waals surface area contributed by atoms with E-state index in [-0.39, 0.29) is 0 Å². The molecular weight excluding hydrogens is 174 g/mol. The lowest BCUT2D eigenvalue weighted by molar-refractivity contribution is 0.0344. The van der Waals surface area contributed by atoms with Crippen LogP contribution in [0.3, 0.4) is 0 Å². The van der Waals surface area contributed by atoms with Crippen molar-refractivity contribution in [1.29, 1.82) is 0 Å². The Kier molecular flexibility index (Phi) is 2.26. The van der Waals surface area contributed by atoms with Crippen LogP contribution in [0, 0.1) is 0 Å². The first-order valence-corrected chi connectivity index (χ1v) is 6.06. The molecule has 0 radical (unpaired) electrons. The Morgan fingerprint density at radius 2 is 1.71 bits per heavy atom. The number of fused-ring (bicyclic) bond motifs is 1. The minimum atomic E-state index is 0.501. The molecule has 3 heteroatoms. The largest absolute Gasteiger partial charge is 0.328 e. The molecular formula is C11H21N3. The number of nitrogens with two attached hydrogens (primary N) is 1. The van der Waals surface area contributed by atoms with E-state index in [1.165, 1.54) is 51.9 Å². The van der Waals surface area contributed by atoms with Crippen molar-refractivity contribution < 1.29 is 0 Å². The second-order valence-corrected chi connectivity index (χ2v) is 5.21. The molecule has 1 unspecified atom stereocenters. The van der Waals surface area contributed by atoms with Crippen LogP contribution in [-0.2, 0) is 0 Å². The fraction of sp³-hybridized carbons (Fsp3) is 1.00. The topological polar surface area (TPSA) is 32.5 Å². The van der Waals surface area contributed by atoms with E-state index in [4.69, 9.17) is 5.73 Å². The normalized spacial score (nSPS) is 44.8. The van der Waals surface area contributed by atoms with Gasteiger partial charge in [0.2, 0.25) is 0 Å². The van der Waals surface area contributed by atoms with Gasteiger partial charge in [0, 0.05) is 37.8 Å². The predicted octanol–water partition coefficient (Wildman–Crippen LogP) is 0.256. The van der Waals surface area contributed by atoms with Crippen LogP contribution in [0.1, 0.15) is 25.7 Å². The summed E-state index contributed by atoms with van der Waals surface area (Å²) in [6, 6.07) is 2.20. The fourth-order valence-corrected chi connectivity index (χ4v) is 3.27. The molecule has 2 saturated heterocycles. The van der Waals surface area contributed by atoms with E-state index in [0.29, 0.717) is 6.04 Å². The number of nitrogens with zero attached hydrogens (tertiary/aromatic N) is 2. The molecule has 14 heavy (non-hydrogen) atoms. The maximum atomic E-state index is 5.85. The van der Waals surface area contributed by atoms with Crippen molar-refractivity contribution in [3.63, 3.8) is 0 Å². The lowest BCUT2D eigenvalue weighted by Crippen LogP contribution is -2.58. The summed E-state index contributed by atoms with van der Waals surface area (Å²) in [6.07, 6.45) is 5.33. The van der Waals surface area contributed by atoms with E-state index < -0.39 is 0 Å². The third-order valence-corrected chi connectivity index (χ3v) is 4.28. The van der Waals surface area contributed by atoms with Crippen LogP contribution in [0.5, 0.6) is 0 Å². The van der Waals surface area contributed by atoms with Gasteiger partial charge >= 0.3 is 0 Å². The maximum Gasteiger partial charge on any atom is 0.0224 e. The van der Waals surface area contributed by atoms with Crippen LogP contribution in [0.15, 0.2) is 0 Å². The van der Waals surface area contributed by atoms with Crippen molar-refractivity contribution >= 4 is 0 Å². The lowest BCUT2D eigenvalue weighted by atomic mass is 9.85. The highest BCUT2D eigenvalue weighted by Crippen LogP contribution is 2.29. The van der Waals surface area contributed by atoms with Gasteiger partial charge in [0.15, 0.2) is 0 Å². The standard InChI is InChI=1S/C11H21N3/c12-9-6-11(7-9)14-5-4-13-3-1-2-10(13)8-14/h9-11H,1-8,12H2. The van der Waals surface area contributed by atoms with Crippen molar-refractivity contribution in [2.24, 2.45) is 5.73 Å². The van der Waals surface area contributed by atoms with Gasteiger partial charge in [-0.1, -0.05) is 0 Å². The minimum absolute atomic E-state index is 0.501. The Morgan fingerprint density at radius 1 is 0.929 bits per heavy atom. The molecule has 2 heterocycles. The van der Waals surface area contributed by atoms with Crippen molar-refractivity contribution in [3.05, 3.63) is 0 Å². The van der Waals surface area contributed by atoms with Crippen LogP contribution in [0.4, 0.5) is 0 Å². The van der Waals surface area contributed by atoms with E-state index in [2.05, 4.69) is 9.80 Å². The first-order valence-electron chi connectivity index (χ1n) is 6.06. The van der Waals surface area contributed by atoms with Crippen molar-refractivity contribution in [2.75, 3.05) is 26.2 Å². The summed E-state index contributed by atoms with van der Waals surface area (Å²) in [5.74, 6) is 0. The van der Waals surface area contributed by atoms with Gasteiger partial charge in [-0.15, -0.1) is 0 Å². The van der Waals surface area contributed by atoms with E-state index in [0.717, 1.165) is 12.1 Å². The van der Waals surface area contributed by atoms with Crippen molar-refractivity contribution in [3.8, 4) is 0 Å². The molecule has 2 aliphatic heterocycles. The van der Waals surface area contributed by atoms with Crippen LogP contribution < -0.4 is 5.73 Å². The first kappa shape index (κ1) is 9.13. The summed E-state index contributed by atoms with van der Waals surface area (Å²) >= 11 is 0. The fourth-order valence-electron chi connectivity index (χ4n) is 3.27. The molecule has 2 N–H and O–H groups in total. The zero-order valence-electron chi connectivity index (χ0n) is 8.86. The molecule has 0 aromatic rings. The third kappa shape index (κ3) is 1.47. The highest BCUT2D eigenvalue weighted by atomic mass is 15.3. The Labute approximate surface area is 86.2 Å². The smallest absolute Gasteiger partial charge is 0.0224 e. The van der Waals surface area contributed by atoms with Crippen LogP contribution in [-0.4, -0.2) is 54.1 Å². The third-order valence-electron chi connectivity index (χ3n) is 4.28. The average molecular weight is 195 g/mol. The lowest BCUT2D eigenvalue weighted by Gasteiger charge is -2.47. The summed E-state index contributed by atoms with van der Waals surface area (Å²) < 4.78 is 0. The summed E-state index contributed by atoms with van der Waals surface area (Å²) in [4.78, 5) is 5.37. The van der Waals surface area contributed by atoms with Gasteiger partial charge in [-0.25, -0.2) is 0 Å². The molecule has 1 aliphatic carbocycles. The zero-order valence-corrected chi connectivity index (χ0v) is 8.86.